The SMILES string of the molecule is CCS(=O)(=O)Nc1ccc(Nc2ccccc2)nn1. The minimum atomic E-state index is -3.32. The van der Waals surface area contributed by atoms with Gasteiger partial charge < -0.3 is 5.32 Å². The topological polar surface area (TPSA) is 84.0 Å². The molecule has 6 nitrogen and oxygen atoms in total. The predicted molar refractivity (Wildman–Crippen MR) is 74.8 cm³/mol. The number of aromatic nitrogens is 2. The monoisotopic (exact) mass is 278 g/mol. The maximum atomic E-state index is 11.4. The van der Waals surface area contributed by atoms with E-state index in [-0.39, 0.29) is 11.6 Å². The highest BCUT2D eigenvalue weighted by molar-refractivity contribution is 7.92. The lowest BCUT2D eigenvalue weighted by Crippen LogP contribution is -2.15. The molecule has 0 saturated carbocycles. The number of hydrogen-bond donors (Lipinski definition) is 2. The Morgan fingerprint density at radius 3 is 2.21 bits per heavy atom. The van der Waals surface area contributed by atoms with Gasteiger partial charge >= 0.3 is 0 Å². The molecule has 0 aliphatic rings. The number of rotatable bonds is 5. The van der Waals surface area contributed by atoms with Crippen molar-refractivity contribution in [2.24, 2.45) is 0 Å². The molecule has 1 heterocycles. The van der Waals surface area contributed by atoms with Gasteiger partial charge in [0.15, 0.2) is 11.6 Å². The molecule has 1 aromatic heterocycles. The van der Waals surface area contributed by atoms with Crippen LogP contribution < -0.4 is 10.0 Å². The zero-order valence-corrected chi connectivity index (χ0v) is 11.2. The summed E-state index contributed by atoms with van der Waals surface area (Å²) in [7, 11) is -3.32. The predicted octanol–water partition coefficient (Wildman–Crippen LogP) is 1.98. The van der Waals surface area contributed by atoms with E-state index >= 15 is 0 Å². The van der Waals surface area contributed by atoms with Gasteiger partial charge in [0.1, 0.15) is 0 Å². The van der Waals surface area contributed by atoms with Crippen LogP contribution in [0.1, 0.15) is 6.92 Å². The van der Waals surface area contributed by atoms with Gasteiger partial charge in [-0.3, -0.25) is 4.72 Å². The standard InChI is InChI=1S/C12H14N4O2S/c1-2-19(17,18)16-12-9-8-11(14-15-12)13-10-6-4-3-5-7-10/h3-9H,2H2,1H3,(H,13,14)(H,15,16). The maximum absolute atomic E-state index is 11.4. The smallest absolute Gasteiger partial charge is 0.233 e. The van der Waals surface area contributed by atoms with Crippen LogP contribution >= 0.6 is 0 Å². The fourth-order valence-electron chi connectivity index (χ4n) is 1.35. The number of nitrogens with one attached hydrogen (secondary N) is 2. The van der Waals surface area contributed by atoms with Crippen LogP contribution in [0, 0.1) is 0 Å². The quantitative estimate of drug-likeness (QED) is 0.873. The van der Waals surface area contributed by atoms with Crippen LogP contribution in [0.25, 0.3) is 0 Å². The first-order valence-electron chi connectivity index (χ1n) is 5.75. The normalized spacial score (nSPS) is 11.0. The summed E-state index contributed by atoms with van der Waals surface area (Å²) in [5, 5.41) is 10.8. The van der Waals surface area contributed by atoms with Gasteiger partial charge in [-0.05, 0) is 31.2 Å². The molecule has 1 aromatic carbocycles. The highest BCUT2D eigenvalue weighted by Crippen LogP contribution is 2.14. The third-order valence-electron chi connectivity index (χ3n) is 2.35. The van der Waals surface area contributed by atoms with Gasteiger partial charge in [0, 0.05) is 5.69 Å². The second-order valence-corrected chi connectivity index (χ2v) is 5.81. The fourth-order valence-corrected chi connectivity index (χ4v) is 1.93. The second-order valence-electron chi connectivity index (χ2n) is 3.80. The average molecular weight is 278 g/mol. The Morgan fingerprint density at radius 1 is 1.00 bits per heavy atom. The molecule has 0 fully saturated rings. The molecule has 2 aromatic rings. The molecule has 0 saturated heterocycles. The van der Waals surface area contributed by atoms with Crippen molar-refractivity contribution in [3.63, 3.8) is 0 Å². The first-order valence-corrected chi connectivity index (χ1v) is 7.40. The third-order valence-corrected chi connectivity index (χ3v) is 3.63. The van der Waals surface area contributed by atoms with E-state index in [9.17, 15) is 8.42 Å². The van der Waals surface area contributed by atoms with Crippen LogP contribution in [0.3, 0.4) is 0 Å². The number of para-hydroxylation sites is 1. The molecule has 0 aliphatic heterocycles. The zero-order chi connectivity index (χ0) is 13.7. The molecule has 0 amide bonds. The Kier molecular flexibility index (Phi) is 3.96. The number of sulfonamides is 1. The Hall–Kier alpha value is -2.15. The molecular formula is C12H14N4O2S. The molecular weight excluding hydrogens is 264 g/mol. The highest BCUT2D eigenvalue weighted by atomic mass is 32.2. The van der Waals surface area contributed by atoms with E-state index in [1.54, 1.807) is 19.1 Å². The van der Waals surface area contributed by atoms with Crippen molar-refractivity contribution in [3.8, 4) is 0 Å². The molecule has 0 bridgehead atoms. The summed E-state index contributed by atoms with van der Waals surface area (Å²) in [6, 6.07) is 12.7. The van der Waals surface area contributed by atoms with E-state index < -0.39 is 10.0 Å². The van der Waals surface area contributed by atoms with Crippen molar-refractivity contribution in [1.82, 2.24) is 10.2 Å². The van der Waals surface area contributed by atoms with Crippen LogP contribution in [-0.2, 0) is 10.0 Å². The Bertz CT molecular complexity index is 627. The third kappa shape index (κ3) is 3.92. The lowest BCUT2D eigenvalue weighted by molar-refractivity contribution is 0.602. The van der Waals surface area contributed by atoms with E-state index in [1.165, 1.54) is 0 Å². The number of nitrogens with zero attached hydrogens (tertiary/aromatic N) is 2. The molecule has 0 radical (unpaired) electrons. The van der Waals surface area contributed by atoms with Crippen molar-refractivity contribution in [1.29, 1.82) is 0 Å². The Balaban J connectivity index is 2.07. The molecule has 7 heteroatoms. The lowest BCUT2D eigenvalue weighted by Gasteiger charge is -2.06. The zero-order valence-electron chi connectivity index (χ0n) is 10.4. The average Bonchev–Trinajstić information content (AvgIpc) is 2.42. The number of benzene rings is 1. The first kappa shape index (κ1) is 13.3. The van der Waals surface area contributed by atoms with Crippen molar-refractivity contribution < 1.29 is 8.42 Å². The van der Waals surface area contributed by atoms with Gasteiger partial charge in [0.25, 0.3) is 0 Å². The van der Waals surface area contributed by atoms with E-state index in [0.29, 0.717) is 5.82 Å². The van der Waals surface area contributed by atoms with Crippen molar-refractivity contribution in [2.75, 3.05) is 15.8 Å². The molecule has 100 valence electrons. The van der Waals surface area contributed by atoms with E-state index in [0.717, 1.165) is 5.69 Å². The van der Waals surface area contributed by atoms with Gasteiger partial charge in [-0.15, -0.1) is 10.2 Å². The molecule has 0 unspecified atom stereocenters. The lowest BCUT2D eigenvalue weighted by atomic mass is 10.3. The molecule has 0 aliphatic carbocycles. The van der Waals surface area contributed by atoms with Crippen LogP contribution in [0.15, 0.2) is 42.5 Å². The number of anilines is 3. The van der Waals surface area contributed by atoms with E-state index in [4.69, 9.17) is 0 Å². The summed E-state index contributed by atoms with van der Waals surface area (Å²) >= 11 is 0. The van der Waals surface area contributed by atoms with Gasteiger partial charge in [-0.1, -0.05) is 18.2 Å². The maximum Gasteiger partial charge on any atom is 0.233 e. The molecule has 2 rings (SSSR count). The van der Waals surface area contributed by atoms with Gasteiger partial charge in [0.2, 0.25) is 10.0 Å². The fraction of sp³-hybridized carbons (Fsp3) is 0.167. The van der Waals surface area contributed by atoms with E-state index in [2.05, 4.69) is 20.2 Å². The summed E-state index contributed by atoms with van der Waals surface area (Å²) in [4.78, 5) is 0. The molecule has 0 spiro atoms. The van der Waals surface area contributed by atoms with Gasteiger partial charge in [-0.25, -0.2) is 8.42 Å². The minimum Gasteiger partial charge on any atom is -0.339 e. The molecule has 19 heavy (non-hydrogen) atoms. The van der Waals surface area contributed by atoms with Crippen molar-refractivity contribution >= 4 is 27.3 Å². The Labute approximate surface area is 111 Å². The summed E-state index contributed by atoms with van der Waals surface area (Å²) in [6.45, 7) is 1.56. The van der Waals surface area contributed by atoms with Crippen molar-refractivity contribution in [3.05, 3.63) is 42.5 Å². The highest BCUT2D eigenvalue weighted by Gasteiger charge is 2.07. The van der Waals surface area contributed by atoms with Crippen LogP contribution in [-0.4, -0.2) is 24.4 Å². The first-order chi connectivity index (χ1) is 9.09. The number of hydrogen-bond acceptors (Lipinski definition) is 5. The van der Waals surface area contributed by atoms with Crippen LogP contribution in [0.5, 0.6) is 0 Å². The summed E-state index contributed by atoms with van der Waals surface area (Å²) in [5.41, 5.74) is 0.888. The van der Waals surface area contributed by atoms with E-state index in [1.807, 2.05) is 30.3 Å². The van der Waals surface area contributed by atoms with Crippen LogP contribution in [0.4, 0.5) is 17.3 Å². The van der Waals surface area contributed by atoms with Crippen molar-refractivity contribution in [2.45, 2.75) is 6.92 Å². The molecule has 0 atom stereocenters. The van der Waals surface area contributed by atoms with Crippen LogP contribution in [0.2, 0.25) is 0 Å². The van der Waals surface area contributed by atoms with Gasteiger partial charge in [-0.2, -0.15) is 0 Å². The summed E-state index contributed by atoms with van der Waals surface area (Å²) < 4.78 is 25.0. The summed E-state index contributed by atoms with van der Waals surface area (Å²) in [5.74, 6) is 0.754. The minimum absolute atomic E-state index is 0.00129. The largest absolute Gasteiger partial charge is 0.339 e. The second kappa shape index (κ2) is 5.66. The Morgan fingerprint density at radius 2 is 1.63 bits per heavy atom. The molecule has 2 N–H and O–H groups in total. The summed E-state index contributed by atoms with van der Waals surface area (Å²) in [6.07, 6.45) is 0. The van der Waals surface area contributed by atoms with Gasteiger partial charge in [0.05, 0.1) is 5.75 Å².